The first-order valence-electron chi connectivity index (χ1n) is 22.4. The molecular weight excluding hydrogens is 793 g/mol. The molecule has 0 amide bonds. The van der Waals surface area contributed by atoms with Crippen LogP contribution in [0.3, 0.4) is 0 Å². The van der Waals surface area contributed by atoms with E-state index >= 15 is 0 Å². The molecule has 0 radical (unpaired) electrons. The van der Waals surface area contributed by atoms with Crippen LogP contribution in [0, 0.1) is 0 Å². The van der Waals surface area contributed by atoms with Gasteiger partial charge in [0.25, 0.3) is 0 Å². The number of nitrogens with zero attached hydrogens (tertiary/aromatic N) is 4. The van der Waals surface area contributed by atoms with Crippen molar-refractivity contribution in [3.8, 4) is 62.1 Å². The first-order chi connectivity index (χ1) is 32.2. The predicted octanol–water partition coefficient (Wildman–Crippen LogP) is 15.3. The summed E-state index contributed by atoms with van der Waals surface area (Å²) >= 11 is 0. The van der Waals surface area contributed by atoms with Gasteiger partial charge in [-0.2, -0.15) is 0 Å². The Kier molecular flexibility index (Phi) is 8.66. The lowest BCUT2D eigenvalue weighted by molar-refractivity contribution is 0.669. The highest BCUT2D eigenvalue weighted by Gasteiger charge is 2.26. The van der Waals surface area contributed by atoms with Crippen molar-refractivity contribution < 1.29 is 4.42 Å². The van der Waals surface area contributed by atoms with E-state index in [2.05, 4.69) is 168 Å². The lowest BCUT2D eigenvalue weighted by Gasteiger charge is -2.19. The summed E-state index contributed by atoms with van der Waals surface area (Å²) in [6.45, 7) is 0. The molecule has 5 nitrogen and oxygen atoms in total. The maximum Gasteiger partial charge on any atom is 0.164 e. The first-order valence-corrected chi connectivity index (χ1v) is 22.4. The molecule has 9 aromatic carbocycles. The molecule has 306 valence electrons. The molecule has 12 aromatic rings. The van der Waals surface area contributed by atoms with Gasteiger partial charge in [0.1, 0.15) is 11.2 Å². The molecule has 0 bridgehead atoms. The maximum absolute atomic E-state index is 6.35. The van der Waals surface area contributed by atoms with Crippen molar-refractivity contribution in [2.75, 3.05) is 0 Å². The summed E-state index contributed by atoms with van der Waals surface area (Å²) in [4.78, 5) is 15.9. The van der Waals surface area contributed by atoms with Gasteiger partial charge in [0.2, 0.25) is 0 Å². The van der Waals surface area contributed by atoms with Crippen molar-refractivity contribution in [3.05, 3.63) is 229 Å². The fraction of sp³-hybridized carbons (Fsp3) is 0.0500. The molecule has 0 aliphatic heterocycles. The van der Waals surface area contributed by atoms with Gasteiger partial charge in [-0.15, -0.1) is 0 Å². The SMILES string of the molecule is c1ccc(-c2nc(-c3cccc4oc5ccccc5c34)nc(-c3cccc4c3c3cc(-c5ccc6c(c5)-c5ccccc5CCC6c5ccccc5)ccc3n4-c3ccccc3)n2)cc1. The quantitative estimate of drug-likeness (QED) is 0.167. The molecule has 0 saturated carbocycles. The van der Waals surface area contributed by atoms with E-state index in [9.17, 15) is 0 Å². The van der Waals surface area contributed by atoms with Crippen LogP contribution in [-0.2, 0) is 6.42 Å². The smallest absolute Gasteiger partial charge is 0.164 e. The highest BCUT2D eigenvalue weighted by Crippen LogP contribution is 2.45. The molecule has 1 aliphatic carbocycles. The van der Waals surface area contributed by atoms with Crippen LogP contribution in [0.4, 0.5) is 0 Å². The van der Waals surface area contributed by atoms with Crippen molar-refractivity contribution in [1.82, 2.24) is 19.5 Å². The van der Waals surface area contributed by atoms with Gasteiger partial charge in [0.15, 0.2) is 17.5 Å². The molecule has 0 fully saturated rings. The van der Waals surface area contributed by atoms with Gasteiger partial charge in [-0.05, 0) is 100 Å². The van der Waals surface area contributed by atoms with E-state index in [1.165, 1.54) is 33.4 Å². The largest absolute Gasteiger partial charge is 0.456 e. The van der Waals surface area contributed by atoms with Crippen molar-refractivity contribution in [2.45, 2.75) is 18.8 Å². The summed E-state index contributed by atoms with van der Waals surface area (Å²) in [5.74, 6) is 2.12. The number of aromatic nitrogens is 4. The van der Waals surface area contributed by atoms with E-state index in [4.69, 9.17) is 19.4 Å². The molecule has 1 aliphatic rings. The van der Waals surface area contributed by atoms with Gasteiger partial charge in [-0.3, -0.25) is 0 Å². The van der Waals surface area contributed by atoms with Crippen molar-refractivity contribution in [2.24, 2.45) is 0 Å². The lowest BCUT2D eigenvalue weighted by atomic mass is 9.84. The first kappa shape index (κ1) is 37.2. The Balaban J connectivity index is 1.05. The molecule has 13 rings (SSSR count). The Morgan fingerprint density at radius 2 is 1.05 bits per heavy atom. The number of hydrogen-bond donors (Lipinski definition) is 0. The molecule has 3 aromatic heterocycles. The van der Waals surface area contributed by atoms with E-state index in [0.717, 1.165) is 84.5 Å². The highest BCUT2D eigenvalue weighted by atomic mass is 16.3. The zero-order valence-corrected chi connectivity index (χ0v) is 35.4. The molecule has 0 spiro atoms. The third-order valence-corrected chi connectivity index (χ3v) is 13.3. The van der Waals surface area contributed by atoms with Crippen LogP contribution in [0.1, 0.15) is 29.0 Å². The summed E-state index contributed by atoms with van der Waals surface area (Å²) in [6.07, 6.45) is 2.10. The molecule has 1 unspecified atom stereocenters. The van der Waals surface area contributed by atoms with Crippen LogP contribution in [0.5, 0.6) is 0 Å². The van der Waals surface area contributed by atoms with Gasteiger partial charge < -0.3 is 8.98 Å². The van der Waals surface area contributed by atoms with Crippen molar-refractivity contribution in [1.29, 1.82) is 0 Å². The molecule has 0 N–H and O–H groups in total. The summed E-state index contributed by atoms with van der Waals surface area (Å²) < 4.78 is 8.72. The zero-order chi connectivity index (χ0) is 42.8. The summed E-state index contributed by atoms with van der Waals surface area (Å²) in [7, 11) is 0. The van der Waals surface area contributed by atoms with Crippen LogP contribution in [-0.4, -0.2) is 19.5 Å². The minimum atomic E-state index is 0.312. The number of benzene rings is 9. The minimum absolute atomic E-state index is 0.312. The second-order valence-corrected chi connectivity index (χ2v) is 17.0. The Labute approximate surface area is 376 Å². The number of furan rings is 1. The van der Waals surface area contributed by atoms with Gasteiger partial charge in [0.05, 0.1) is 11.0 Å². The van der Waals surface area contributed by atoms with Gasteiger partial charge >= 0.3 is 0 Å². The van der Waals surface area contributed by atoms with E-state index in [1.807, 2.05) is 48.5 Å². The molecule has 1 atom stereocenters. The number of fused-ring (bicyclic) bond motifs is 9. The van der Waals surface area contributed by atoms with Crippen LogP contribution in [0.25, 0.3) is 106 Å². The van der Waals surface area contributed by atoms with Crippen LogP contribution >= 0.6 is 0 Å². The fourth-order valence-electron chi connectivity index (χ4n) is 10.3. The van der Waals surface area contributed by atoms with Crippen LogP contribution < -0.4 is 0 Å². The third-order valence-electron chi connectivity index (χ3n) is 13.3. The second-order valence-electron chi connectivity index (χ2n) is 17.0. The van der Waals surface area contributed by atoms with Gasteiger partial charge in [0, 0.05) is 49.8 Å². The monoisotopic (exact) mass is 832 g/mol. The van der Waals surface area contributed by atoms with Gasteiger partial charge in [-0.1, -0.05) is 164 Å². The number of para-hydroxylation sites is 2. The average Bonchev–Trinajstić information content (AvgIpc) is 3.87. The zero-order valence-electron chi connectivity index (χ0n) is 35.4. The number of hydrogen-bond acceptors (Lipinski definition) is 4. The Morgan fingerprint density at radius 1 is 0.415 bits per heavy atom. The summed E-state index contributed by atoms with van der Waals surface area (Å²) in [5.41, 5.74) is 16.8. The van der Waals surface area contributed by atoms with Crippen LogP contribution in [0.15, 0.2) is 217 Å². The maximum atomic E-state index is 6.35. The van der Waals surface area contributed by atoms with Crippen molar-refractivity contribution in [3.63, 3.8) is 0 Å². The fourth-order valence-corrected chi connectivity index (χ4v) is 10.3. The van der Waals surface area contributed by atoms with Crippen molar-refractivity contribution >= 4 is 43.7 Å². The molecule has 3 heterocycles. The lowest BCUT2D eigenvalue weighted by Crippen LogP contribution is -2.02. The summed E-state index contributed by atoms with van der Waals surface area (Å²) in [5, 5.41) is 4.22. The number of rotatable bonds is 6. The Hall–Kier alpha value is -8.41. The predicted molar refractivity (Wildman–Crippen MR) is 265 cm³/mol. The highest BCUT2D eigenvalue weighted by molar-refractivity contribution is 6.16. The third kappa shape index (κ3) is 6.19. The molecule has 65 heavy (non-hydrogen) atoms. The molecule has 5 heteroatoms. The average molecular weight is 833 g/mol. The Morgan fingerprint density at radius 3 is 1.88 bits per heavy atom. The summed E-state index contributed by atoms with van der Waals surface area (Å²) in [6, 6.07) is 75.7. The van der Waals surface area contributed by atoms with E-state index in [-0.39, 0.29) is 0 Å². The van der Waals surface area contributed by atoms with Crippen LogP contribution in [0.2, 0.25) is 0 Å². The normalized spacial score (nSPS) is 13.6. The van der Waals surface area contributed by atoms with Gasteiger partial charge in [-0.25, -0.2) is 15.0 Å². The number of aryl methyl sites for hydroxylation is 1. The minimum Gasteiger partial charge on any atom is -0.456 e. The van der Waals surface area contributed by atoms with E-state index < -0.39 is 0 Å². The Bertz CT molecular complexity index is 3780. The van der Waals surface area contributed by atoms with E-state index in [1.54, 1.807) is 0 Å². The topological polar surface area (TPSA) is 56.7 Å². The molecular formula is C60H40N4O. The standard InChI is InChI=1S/C60H40N4O/c1-4-16-38(17-5-1)45-33-30-39-18-10-11-23-44(39)50-36-41(31-34-46(45)50)42-32-35-52-51(37-42)56-48(25-14-27-53(56)64(52)43-21-8-3-9-22-43)59-61-58(40-19-6-2-7-20-40)62-60(63-59)49-26-15-29-55-57(49)47-24-12-13-28-54(47)65-55/h1-29,31-32,34-37,45H,30,33H2. The second kappa shape index (κ2) is 15.1. The molecule has 0 saturated heterocycles. The van der Waals surface area contributed by atoms with E-state index in [0.29, 0.717) is 23.4 Å².